The van der Waals surface area contributed by atoms with Crippen LogP contribution in [0.1, 0.15) is 43.2 Å². The van der Waals surface area contributed by atoms with Crippen LogP contribution in [0, 0.1) is 12.8 Å². The SMILES string of the molecule is Cc1ccc(C2=NC(C3CCCCC3)C(=O)O2)cc1. The molecule has 1 aliphatic heterocycles. The van der Waals surface area contributed by atoms with E-state index in [9.17, 15) is 4.79 Å². The molecule has 1 saturated carbocycles. The first-order valence-electron chi connectivity index (χ1n) is 7.10. The molecule has 0 aromatic heterocycles. The number of aliphatic imine (C=N–C) groups is 1. The van der Waals surface area contributed by atoms with Gasteiger partial charge >= 0.3 is 5.97 Å². The van der Waals surface area contributed by atoms with E-state index in [1.165, 1.54) is 24.8 Å². The average molecular weight is 257 g/mol. The third kappa shape index (κ3) is 2.55. The highest BCUT2D eigenvalue weighted by atomic mass is 16.6. The lowest BCUT2D eigenvalue weighted by atomic mass is 9.84. The molecule has 0 radical (unpaired) electrons. The zero-order valence-electron chi connectivity index (χ0n) is 11.3. The van der Waals surface area contributed by atoms with E-state index in [0.29, 0.717) is 11.8 Å². The van der Waals surface area contributed by atoms with Gasteiger partial charge in [-0.25, -0.2) is 9.79 Å². The Morgan fingerprint density at radius 3 is 2.47 bits per heavy atom. The van der Waals surface area contributed by atoms with Crippen LogP contribution in [0.15, 0.2) is 29.3 Å². The molecule has 19 heavy (non-hydrogen) atoms. The Bertz CT molecular complexity index is 498. The molecule has 1 aliphatic carbocycles. The van der Waals surface area contributed by atoms with Crippen LogP contribution in [0.3, 0.4) is 0 Å². The van der Waals surface area contributed by atoms with Gasteiger partial charge in [-0.2, -0.15) is 0 Å². The van der Waals surface area contributed by atoms with Crippen molar-refractivity contribution in [3.05, 3.63) is 35.4 Å². The van der Waals surface area contributed by atoms with E-state index < -0.39 is 0 Å². The molecule has 1 aromatic rings. The van der Waals surface area contributed by atoms with Crippen molar-refractivity contribution in [3.8, 4) is 0 Å². The molecule has 0 bridgehead atoms. The van der Waals surface area contributed by atoms with Crippen molar-refractivity contribution in [2.45, 2.75) is 45.1 Å². The smallest absolute Gasteiger partial charge is 0.338 e. The normalized spacial score (nSPS) is 24.2. The maximum absolute atomic E-state index is 12.0. The lowest BCUT2D eigenvalue weighted by Crippen LogP contribution is -2.27. The summed E-state index contributed by atoms with van der Waals surface area (Å²) in [5.41, 5.74) is 2.09. The summed E-state index contributed by atoms with van der Waals surface area (Å²) in [5, 5.41) is 0. The van der Waals surface area contributed by atoms with Crippen molar-refractivity contribution in [3.63, 3.8) is 0 Å². The van der Waals surface area contributed by atoms with Gasteiger partial charge in [0.15, 0.2) is 6.04 Å². The van der Waals surface area contributed by atoms with Crippen LogP contribution in [0.2, 0.25) is 0 Å². The summed E-state index contributed by atoms with van der Waals surface area (Å²) in [4.78, 5) is 16.5. The zero-order valence-corrected chi connectivity index (χ0v) is 11.3. The van der Waals surface area contributed by atoms with Crippen LogP contribution in [-0.4, -0.2) is 17.9 Å². The predicted molar refractivity (Wildman–Crippen MR) is 74.2 cm³/mol. The molecule has 0 amide bonds. The van der Waals surface area contributed by atoms with Gasteiger partial charge < -0.3 is 4.74 Å². The molecule has 1 unspecified atom stereocenters. The Hall–Kier alpha value is -1.64. The second-order valence-electron chi connectivity index (χ2n) is 5.56. The molecule has 1 aromatic carbocycles. The highest BCUT2D eigenvalue weighted by Gasteiger charge is 2.36. The molecule has 100 valence electrons. The molecule has 0 N–H and O–H groups in total. The second kappa shape index (κ2) is 5.16. The van der Waals surface area contributed by atoms with Gasteiger partial charge in [0.1, 0.15) is 0 Å². The van der Waals surface area contributed by atoms with Crippen LogP contribution >= 0.6 is 0 Å². The molecular formula is C16H19NO2. The third-order valence-electron chi connectivity index (χ3n) is 4.09. The monoisotopic (exact) mass is 257 g/mol. The minimum atomic E-state index is -0.267. The number of carbonyl (C=O) groups excluding carboxylic acids is 1. The topological polar surface area (TPSA) is 38.7 Å². The minimum absolute atomic E-state index is 0.164. The number of cyclic esters (lactones) is 1. The van der Waals surface area contributed by atoms with E-state index in [1.807, 2.05) is 31.2 Å². The van der Waals surface area contributed by atoms with E-state index in [2.05, 4.69) is 4.99 Å². The molecule has 0 saturated heterocycles. The number of aryl methyl sites for hydroxylation is 1. The molecule has 3 nitrogen and oxygen atoms in total. The van der Waals surface area contributed by atoms with Crippen molar-refractivity contribution < 1.29 is 9.53 Å². The lowest BCUT2D eigenvalue weighted by Gasteiger charge is -2.22. The van der Waals surface area contributed by atoms with E-state index in [-0.39, 0.29) is 12.0 Å². The maximum atomic E-state index is 12.0. The summed E-state index contributed by atoms with van der Waals surface area (Å²) in [7, 11) is 0. The largest absolute Gasteiger partial charge is 0.406 e. The standard InChI is InChI=1S/C16H19NO2/c1-11-7-9-13(10-8-11)15-17-14(16(18)19-15)12-5-3-2-4-6-12/h7-10,12,14H,2-6H2,1H3. The van der Waals surface area contributed by atoms with Gasteiger partial charge in [-0.3, -0.25) is 0 Å². The molecule has 3 rings (SSSR count). The predicted octanol–water partition coefficient (Wildman–Crippen LogP) is 3.25. The van der Waals surface area contributed by atoms with Crippen LogP contribution < -0.4 is 0 Å². The van der Waals surface area contributed by atoms with E-state index in [0.717, 1.165) is 18.4 Å². The molecule has 1 fully saturated rings. The Kier molecular flexibility index (Phi) is 3.36. The number of nitrogens with zero attached hydrogens (tertiary/aromatic N) is 1. The Labute approximate surface area is 113 Å². The first-order chi connectivity index (χ1) is 9.24. The number of hydrogen-bond acceptors (Lipinski definition) is 3. The van der Waals surface area contributed by atoms with E-state index in [4.69, 9.17) is 4.74 Å². The second-order valence-corrected chi connectivity index (χ2v) is 5.56. The van der Waals surface area contributed by atoms with Crippen LogP contribution in [0.25, 0.3) is 0 Å². The fraction of sp³-hybridized carbons (Fsp3) is 0.500. The zero-order chi connectivity index (χ0) is 13.2. The van der Waals surface area contributed by atoms with Gasteiger partial charge in [-0.15, -0.1) is 0 Å². The highest BCUT2D eigenvalue weighted by Crippen LogP contribution is 2.31. The molecule has 3 heteroatoms. The van der Waals surface area contributed by atoms with Crippen molar-refractivity contribution in [2.24, 2.45) is 10.9 Å². The van der Waals surface area contributed by atoms with Crippen LogP contribution in [0.4, 0.5) is 0 Å². The summed E-state index contributed by atoms with van der Waals surface area (Å²) >= 11 is 0. The summed E-state index contributed by atoms with van der Waals surface area (Å²) < 4.78 is 5.36. The van der Waals surface area contributed by atoms with Gasteiger partial charge in [0.05, 0.1) is 0 Å². The Morgan fingerprint density at radius 2 is 1.79 bits per heavy atom. The lowest BCUT2D eigenvalue weighted by molar-refractivity contribution is -0.136. The molecule has 2 aliphatic rings. The van der Waals surface area contributed by atoms with Gasteiger partial charge in [0, 0.05) is 5.56 Å². The molecule has 1 heterocycles. The highest BCUT2D eigenvalue weighted by molar-refractivity contribution is 6.06. The summed E-state index contributed by atoms with van der Waals surface area (Å²) in [6.07, 6.45) is 5.91. The van der Waals surface area contributed by atoms with Gasteiger partial charge in [0.2, 0.25) is 5.90 Å². The molecule has 0 spiro atoms. The number of rotatable bonds is 2. The average Bonchev–Trinajstić information content (AvgIpc) is 2.83. The first kappa shape index (κ1) is 12.4. The number of carbonyl (C=O) groups is 1. The summed E-state index contributed by atoms with van der Waals surface area (Å²) in [6.45, 7) is 2.04. The van der Waals surface area contributed by atoms with Crippen molar-refractivity contribution >= 4 is 11.9 Å². The Morgan fingerprint density at radius 1 is 1.11 bits per heavy atom. The number of benzene rings is 1. The summed E-state index contributed by atoms with van der Waals surface area (Å²) in [6, 6.07) is 7.69. The van der Waals surface area contributed by atoms with Gasteiger partial charge in [0.25, 0.3) is 0 Å². The number of hydrogen-bond donors (Lipinski definition) is 0. The van der Waals surface area contributed by atoms with Crippen molar-refractivity contribution in [2.75, 3.05) is 0 Å². The van der Waals surface area contributed by atoms with Gasteiger partial charge in [-0.05, 0) is 37.8 Å². The maximum Gasteiger partial charge on any atom is 0.338 e. The van der Waals surface area contributed by atoms with E-state index in [1.54, 1.807) is 0 Å². The minimum Gasteiger partial charge on any atom is -0.406 e. The summed E-state index contributed by atoms with van der Waals surface area (Å²) in [5.74, 6) is 0.715. The number of ether oxygens (including phenoxy) is 1. The fourth-order valence-corrected chi connectivity index (χ4v) is 2.94. The number of esters is 1. The van der Waals surface area contributed by atoms with Crippen molar-refractivity contribution in [1.82, 2.24) is 0 Å². The van der Waals surface area contributed by atoms with Gasteiger partial charge in [-0.1, -0.05) is 37.0 Å². The molecular weight excluding hydrogens is 238 g/mol. The van der Waals surface area contributed by atoms with Crippen molar-refractivity contribution in [1.29, 1.82) is 0 Å². The Balaban J connectivity index is 1.80. The fourth-order valence-electron chi connectivity index (χ4n) is 2.94. The van der Waals surface area contributed by atoms with Crippen LogP contribution in [-0.2, 0) is 9.53 Å². The van der Waals surface area contributed by atoms with Crippen LogP contribution in [0.5, 0.6) is 0 Å². The first-order valence-corrected chi connectivity index (χ1v) is 7.10. The van der Waals surface area contributed by atoms with E-state index >= 15 is 0 Å². The third-order valence-corrected chi connectivity index (χ3v) is 4.09. The quantitative estimate of drug-likeness (QED) is 0.763. The molecule has 1 atom stereocenters.